The summed E-state index contributed by atoms with van der Waals surface area (Å²) in [5.74, 6) is 0.647. The van der Waals surface area contributed by atoms with Crippen LogP contribution in [0.1, 0.15) is 55.2 Å². The Hall–Kier alpha value is -1.62. The molecular formula is C18H27N3O2. The fourth-order valence-corrected chi connectivity index (χ4v) is 3.96. The number of pyridine rings is 1. The molecule has 1 saturated carbocycles. The second kappa shape index (κ2) is 7.77. The molecule has 126 valence electrons. The number of aliphatic hydroxyl groups is 1. The van der Waals surface area contributed by atoms with Crippen LogP contribution in [0, 0.1) is 5.92 Å². The molecule has 0 spiro atoms. The van der Waals surface area contributed by atoms with Crippen LogP contribution in [0.3, 0.4) is 0 Å². The number of carbonyl (C=O) groups excluding carboxylic acids is 1. The van der Waals surface area contributed by atoms with Crippen molar-refractivity contribution >= 4 is 6.03 Å². The van der Waals surface area contributed by atoms with Gasteiger partial charge in [-0.2, -0.15) is 0 Å². The maximum Gasteiger partial charge on any atom is 0.315 e. The van der Waals surface area contributed by atoms with Gasteiger partial charge in [-0.25, -0.2) is 4.79 Å². The van der Waals surface area contributed by atoms with Gasteiger partial charge < -0.3 is 15.7 Å². The van der Waals surface area contributed by atoms with Gasteiger partial charge in [0.2, 0.25) is 0 Å². The molecule has 1 atom stereocenters. The smallest absolute Gasteiger partial charge is 0.315 e. The Balaban J connectivity index is 1.48. The van der Waals surface area contributed by atoms with Crippen LogP contribution in [0.25, 0.3) is 0 Å². The summed E-state index contributed by atoms with van der Waals surface area (Å²) in [6.07, 6.45) is 13.0. The van der Waals surface area contributed by atoms with Crippen molar-refractivity contribution in [1.29, 1.82) is 0 Å². The van der Waals surface area contributed by atoms with Crippen LogP contribution in [-0.2, 0) is 19.4 Å². The van der Waals surface area contributed by atoms with Crippen molar-refractivity contribution in [2.75, 3.05) is 6.61 Å². The fraction of sp³-hybridized carbons (Fsp3) is 0.667. The first kappa shape index (κ1) is 16.2. The second-order valence-corrected chi connectivity index (χ2v) is 6.88. The number of aliphatic hydroxyl groups excluding tert-OH is 1. The lowest BCUT2D eigenvalue weighted by atomic mass is 9.99. The number of nitrogens with one attached hydrogen (secondary N) is 2. The Labute approximate surface area is 137 Å². The summed E-state index contributed by atoms with van der Waals surface area (Å²) in [5, 5.41) is 15.3. The molecular weight excluding hydrogens is 290 g/mol. The number of hydrogen-bond donors (Lipinski definition) is 3. The third-order valence-electron chi connectivity index (χ3n) is 5.20. The van der Waals surface area contributed by atoms with Crippen LogP contribution < -0.4 is 10.6 Å². The SMILES string of the molecule is O=C(NCc1cncc2c1CCC2)NC(CO)CC1CCCC1. The normalized spacial score (nSPS) is 18.7. The lowest BCUT2D eigenvalue weighted by Crippen LogP contribution is -2.44. The summed E-state index contributed by atoms with van der Waals surface area (Å²) < 4.78 is 0. The summed E-state index contributed by atoms with van der Waals surface area (Å²) in [6, 6.07) is -0.338. The van der Waals surface area contributed by atoms with Crippen molar-refractivity contribution in [1.82, 2.24) is 15.6 Å². The van der Waals surface area contributed by atoms with E-state index in [9.17, 15) is 9.90 Å². The van der Waals surface area contributed by atoms with E-state index in [1.807, 2.05) is 12.4 Å². The predicted molar refractivity (Wildman–Crippen MR) is 89.1 cm³/mol. The number of carbonyl (C=O) groups is 1. The zero-order valence-electron chi connectivity index (χ0n) is 13.7. The van der Waals surface area contributed by atoms with Crippen LogP contribution in [0.4, 0.5) is 4.79 Å². The Morgan fingerprint density at radius 2 is 2.09 bits per heavy atom. The van der Waals surface area contributed by atoms with Crippen molar-refractivity contribution in [3.63, 3.8) is 0 Å². The van der Waals surface area contributed by atoms with E-state index in [1.165, 1.54) is 43.2 Å². The van der Waals surface area contributed by atoms with Crippen molar-refractivity contribution < 1.29 is 9.90 Å². The van der Waals surface area contributed by atoms with Crippen molar-refractivity contribution in [3.8, 4) is 0 Å². The molecule has 3 rings (SSSR count). The molecule has 1 heterocycles. The van der Waals surface area contributed by atoms with Crippen molar-refractivity contribution in [2.24, 2.45) is 5.92 Å². The molecule has 2 amide bonds. The van der Waals surface area contributed by atoms with E-state index in [4.69, 9.17) is 0 Å². The van der Waals surface area contributed by atoms with Gasteiger partial charge in [0.05, 0.1) is 12.6 Å². The zero-order chi connectivity index (χ0) is 16.1. The Bertz CT molecular complexity index is 541. The van der Waals surface area contributed by atoms with E-state index in [2.05, 4.69) is 15.6 Å². The van der Waals surface area contributed by atoms with Gasteiger partial charge >= 0.3 is 6.03 Å². The average Bonchev–Trinajstić information content (AvgIpc) is 3.23. The summed E-state index contributed by atoms with van der Waals surface area (Å²) >= 11 is 0. The Morgan fingerprint density at radius 3 is 2.87 bits per heavy atom. The summed E-state index contributed by atoms with van der Waals surface area (Å²) in [7, 11) is 0. The minimum Gasteiger partial charge on any atom is -0.394 e. The highest BCUT2D eigenvalue weighted by Gasteiger charge is 2.21. The monoisotopic (exact) mass is 317 g/mol. The number of fused-ring (bicyclic) bond motifs is 1. The number of nitrogens with zero attached hydrogens (tertiary/aromatic N) is 1. The number of aromatic nitrogens is 1. The van der Waals surface area contributed by atoms with Gasteiger partial charge in [0.1, 0.15) is 0 Å². The Morgan fingerprint density at radius 1 is 1.26 bits per heavy atom. The minimum atomic E-state index is -0.197. The van der Waals surface area contributed by atoms with E-state index >= 15 is 0 Å². The van der Waals surface area contributed by atoms with Crippen LogP contribution >= 0.6 is 0 Å². The number of urea groups is 1. The van der Waals surface area contributed by atoms with Gasteiger partial charge in [-0.15, -0.1) is 0 Å². The first-order valence-electron chi connectivity index (χ1n) is 8.86. The van der Waals surface area contributed by atoms with Crippen LogP contribution in [-0.4, -0.2) is 28.8 Å². The summed E-state index contributed by atoms with van der Waals surface area (Å²) in [5.41, 5.74) is 3.79. The molecule has 5 nitrogen and oxygen atoms in total. The van der Waals surface area contributed by atoms with E-state index in [0.717, 1.165) is 24.8 Å². The third-order valence-corrected chi connectivity index (χ3v) is 5.20. The summed E-state index contributed by atoms with van der Waals surface area (Å²) in [4.78, 5) is 16.4. The molecule has 2 aliphatic carbocycles. The molecule has 23 heavy (non-hydrogen) atoms. The highest BCUT2D eigenvalue weighted by atomic mass is 16.3. The van der Waals surface area contributed by atoms with Gasteiger partial charge in [-0.05, 0) is 48.3 Å². The molecule has 3 N–H and O–H groups in total. The molecule has 1 fully saturated rings. The van der Waals surface area contributed by atoms with Gasteiger partial charge in [0.25, 0.3) is 0 Å². The molecule has 0 aliphatic heterocycles. The molecule has 5 heteroatoms. The zero-order valence-corrected chi connectivity index (χ0v) is 13.7. The highest BCUT2D eigenvalue weighted by molar-refractivity contribution is 5.74. The molecule has 0 radical (unpaired) electrons. The highest BCUT2D eigenvalue weighted by Crippen LogP contribution is 2.28. The molecule has 0 aromatic carbocycles. The van der Waals surface area contributed by atoms with Crippen LogP contribution in [0.2, 0.25) is 0 Å². The minimum absolute atomic E-state index is 0.00616. The van der Waals surface area contributed by atoms with Gasteiger partial charge in [-0.3, -0.25) is 4.98 Å². The maximum absolute atomic E-state index is 12.1. The van der Waals surface area contributed by atoms with E-state index in [0.29, 0.717) is 12.5 Å². The third kappa shape index (κ3) is 4.22. The molecule has 2 aliphatic rings. The van der Waals surface area contributed by atoms with Crippen molar-refractivity contribution in [2.45, 2.75) is 64.0 Å². The number of amides is 2. The lowest BCUT2D eigenvalue weighted by Gasteiger charge is -2.20. The molecule has 1 unspecified atom stereocenters. The number of aryl methyl sites for hydroxylation is 1. The van der Waals surface area contributed by atoms with E-state index in [1.54, 1.807) is 0 Å². The quantitative estimate of drug-likeness (QED) is 0.754. The Kier molecular flexibility index (Phi) is 5.49. The first-order valence-corrected chi connectivity index (χ1v) is 8.86. The molecule has 1 aromatic heterocycles. The van der Waals surface area contributed by atoms with Gasteiger partial charge in [0.15, 0.2) is 0 Å². The predicted octanol–water partition coefficient (Wildman–Crippen LogP) is 2.31. The standard InChI is InChI=1S/C18H27N3O2/c22-12-16(8-13-4-1-2-5-13)21-18(23)20-11-15-10-19-9-14-6-3-7-17(14)15/h9-10,13,16,22H,1-8,11-12H2,(H2,20,21,23). The number of rotatable bonds is 6. The first-order chi connectivity index (χ1) is 11.3. The maximum atomic E-state index is 12.1. The topological polar surface area (TPSA) is 74.2 Å². The van der Waals surface area contributed by atoms with Crippen LogP contribution in [0.15, 0.2) is 12.4 Å². The lowest BCUT2D eigenvalue weighted by molar-refractivity contribution is 0.204. The molecule has 1 aromatic rings. The molecule has 0 saturated heterocycles. The van der Waals surface area contributed by atoms with E-state index in [-0.39, 0.29) is 18.7 Å². The average molecular weight is 317 g/mol. The van der Waals surface area contributed by atoms with E-state index < -0.39 is 0 Å². The van der Waals surface area contributed by atoms with Gasteiger partial charge in [0, 0.05) is 18.9 Å². The fourth-order valence-electron chi connectivity index (χ4n) is 3.96. The van der Waals surface area contributed by atoms with Gasteiger partial charge in [-0.1, -0.05) is 25.7 Å². The largest absolute Gasteiger partial charge is 0.394 e. The van der Waals surface area contributed by atoms with Crippen molar-refractivity contribution in [3.05, 3.63) is 29.1 Å². The number of hydrogen-bond acceptors (Lipinski definition) is 3. The summed E-state index contributed by atoms with van der Waals surface area (Å²) in [6.45, 7) is 0.510. The second-order valence-electron chi connectivity index (χ2n) is 6.88. The molecule has 0 bridgehead atoms. The van der Waals surface area contributed by atoms with Crippen LogP contribution in [0.5, 0.6) is 0 Å².